The van der Waals surface area contributed by atoms with Gasteiger partial charge in [0.25, 0.3) is 5.89 Å². The molecular formula is C15H21N3O2. The van der Waals surface area contributed by atoms with Gasteiger partial charge in [-0.2, -0.15) is 0 Å². The molecule has 1 aromatic heterocycles. The lowest BCUT2D eigenvalue weighted by atomic mass is 10.1. The first-order valence-corrected chi connectivity index (χ1v) is 6.92. The maximum Gasteiger partial charge on any atom is 0.251 e. The average molecular weight is 275 g/mol. The predicted octanol–water partition coefficient (Wildman–Crippen LogP) is 2.60. The summed E-state index contributed by atoms with van der Waals surface area (Å²) in [6.07, 6.45) is 1.77. The van der Waals surface area contributed by atoms with Crippen LogP contribution in [0.1, 0.15) is 24.8 Å². The molecule has 2 aromatic rings. The maximum absolute atomic E-state index is 5.72. The summed E-state index contributed by atoms with van der Waals surface area (Å²) >= 11 is 0. The molecule has 0 spiro atoms. The Bertz CT molecular complexity index is 552. The van der Waals surface area contributed by atoms with Crippen LogP contribution in [0, 0.1) is 6.92 Å². The van der Waals surface area contributed by atoms with Gasteiger partial charge in [-0.3, -0.25) is 0 Å². The van der Waals surface area contributed by atoms with Crippen LogP contribution in [0.3, 0.4) is 0 Å². The van der Waals surface area contributed by atoms with Crippen LogP contribution in [0.15, 0.2) is 22.6 Å². The summed E-state index contributed by atoms with van der Waals surface area (Å²) in [4.78, 5) is 0. The Kier molecular flexibility index (Phi) is 5.12. The van der Waals surface area contributed by atoms with Crippen LogP contribution < -0.4 is 10.1 Å². The second-order valence-electron chi connectivity index (χ2n) is 4.66. The summed E-state index contributed by atoms with van der Waals surface area (Å²) in [7, 11) is 1.64. The minimum Gasteiger partial charge on any atom is -0.496 e. The first kappa shape index (κ1) is 14.5. The van der Waals surface area contributed by atoms with E-state index in [4.69, 9.17) is 9.15 Å². The van der Waals surface area contributed by atoms with E-state index >= 15 is 0 Å². The third-order valence-corrected chi connectivity index (χ3v) is 3.05. The Balaban J connectivity index is 2.10. The highest BCUT2D eigenvalue weighted by Crippen LogP contribution is 2.29. The van der Waals surface area contributed by atoms with Crippen molar-refractivity contribution in [1.82, 2.24) is 15.5 Å². The second kappa shape index (κ2) is 7.05. The molecule has 0 atom stereocenters. The zero-order valence-corrected chi connectivity index (χ0v) is 12.3. The van der Waals surface area contributed by atoms with Gasteiger partial charge in [-0.05, 0) is 38.6 Å². The number of nitrogens with one attached hydrogen (secondary N) is 1. The molecule has 0 saturated heterocycles. The van der Waals surface area contributed by atoms with Crippen molar-refractivity contribution in [2.24, 2.45) is 0 Å². The van der Waals surface area contributed by atoms with Crippen molar-refractivity contribution >= 4 is 0 Å². The van der Waals surface area contributed by atoms with Crippen LogP contribution >= 0.6 is 0 Å². The number of hydrogen-bond donors (Lipinski definition) is 1. The molecule has 0 unspecified atom stereocenters. The van der Waals surface area contributed by atoms with Crippen LogP contribution in [-0.2, 0) is 6.42 Å². The van der Waals surface area contributed by atoms with Crippen LogP contribution in [0.4, 0.5) is 0 Å². The van der Waals surface area contributed by atoms with Crippen molar-refractivity contribution in [1.29, 1.82) is 0 Å². The van der Waals surface area contributed by atoms with Gasteiger partial charge in [0.05, 0.1) is 12.7 Å². The number of hydrogen-bond acceptors (Lipinski definition) is 5. The van der Waals surface area contributed by atoms with Crippen LogP contribution in [0.25, 0.3) is 11.5 Å². The lowest BCUT2D eigenvalue weighted by Crippen LogP contribution is -2.14. The van der Waals surface area contributed by atoms with Crippen LogP contribution in [0.5, 0.6) is 5.75 Å². The molecule has 5 nitrogen and oxygen atoms in total. The molecule has 1 N–H and O–H groups in total. The molecule has 5 heteroatoms. The summed E-state index contributed by atoms with van der Waals surface area (Å²) in [5, 5.41) is 11.5. The number of nitrogens with zero attached hydrogens (tertiary/aromatic N) is 2. The van der Waals surface area contributed by atoms with E-state index in [1.165, 1.54) is 0 Å². The summed E-state index contributed by atoms with van der Waals surface area (Å²) in [5.41, 5.74) is 1.98. The van der Waals surface area contributed by atoms with Gasteiger partial charge in [-0.15, -0.1) is 10.2 Å². The number of benzene rings is 1. The average Bonchev–Trinajstić information content (AvgIpc) is 2.92. The fourth-order valence-corrected chi connectivity index (χ4v) is 1.99. The smallest absolute Gasteiger partial charge is 0.251 e. The lowest BCUT2D eigenvalue weighted by molar-refractivity contribution is 0.413. The minimum atomic E-state index is 0.518. The molecule has 0 radical (unpaired) electrons. The Morgan fingerprint density at radius 2 is 2.15 bits per heavy atom. The van der Waals surface area contributed by atoms with Crippen molar-refractivity contribution in [2.75, 3.05) is 20.2 Å². The maximum atomic E-state index is 5.72. The lowest BCUT2D eigenvalue weighted by Gasteiger charge is -2.05. The van der Waals surface area contributed by atoms with Crippen molar-refractivity contribution in [3.63, 3.8) is 0 Å². The van der Waals surface area contributed by atoms with Gasteiger partial charge in [0.2, 0.25) is 5.89 Å². The van der Waals surface area contributed by atoms with Gasteiger partial charge >= 0.3 is 0 Å². The Morgan fingerprint density at radius 1 is 1.30 bits per heavy atom. The SMILES string of the molecule is CCNCCCc1nnc(-c2cc(C)ccc2OC)o1. The van der Waals surface area contributed by atoms with Crippen molar-refractivity contribution in [2.45, 2.75) is 26.7 Å². The van der Waals surface area contributed by atoms with E-state index in [9.17, 15) is 0 Å². The molecule has 0 bridgehead atoms. The van der Waals surface area contributed by atoms with Gasteiger partial charge in [0.15, 0.2) is 0 Å². The Labute approximate surface area is 119 Å². The fourth-order valence-electron chi connectivity index (χ4n) is 1.99. The largest absolute Gasteiger partial charge is 0.496 e. The van der Waals surface area contributed by atoms with E-state index in [0.29, 0.717) is 11.8 Å². The number of aryl methyl sites for hydroxylation is 2. The van der Waals surface area contributed by atoms with E-state index in [-0.39, 0.29) is 0 Å². The third-order valence-electron chi connectivity index (χ3n) is 3.05. The summed E-state index contributed by atoms with van der Waals surface area (Å²) < 4.78 is 11.1. The highest BCUT2D eigenvalue weighted by molar-refractivity contribution is 5.63. The van der Waals surface area contributed by atoms with E-state index < -0.39 is 0 Å². The molecule has 0 aliphatic heterocycles. The zero-order chi connectivity index (χ0) is 14.4. The van der Waals surface area contributed by atoms with Crippen molar-refractivity contribution in [3.8, 4) is 17.2 Å². The monoisotopic (exact) mass is 275 g/mol. The molecule has 1 aromatic carbocycles. The van der Waals surface area contributed by atoms with Gasteiger partial charge in [-0.1, -0.05) is 18.6 Å². The van der Waals surface area contributed by atoms with Crippen LogP contribution in [0.2, 0.25) is 0 Å². The molecule has 0 fully saturated rings. The number of aromatic nitrogens is 2. The fraction of sp³-hybridized carbons (Fsp3) is 0.467. The van der Waals surface area contributed by atoms with Crippen molar-refractivity contribution in [3.05, 3.63) is 29.7 Å². The normalized spacial score (nSPS) is 10.8. The second-order valence-corrected chi connectivity index (χ2v) is 4.66. The predicted molar refractivity (Wildman–Crippen MR) is 77.9 cm³/mol. The number of ether oxygens (including phenoxy) is 1. The van der Waals surface area contributed by atoms with Gasteiger partial charge < -0.3 is 14.5 Å². The minimum absolute atomic E-state index is 0.518. The van der Waals surface area contributed by atoms with E-state index in [1.807, 2.05) is 25.1 Å². The van der Waals surface area contributed by atoms with Gasteiger partial charge in [0, 0.05) is 6.42 Å². The molecule has 2 rings (SSSR count). The molecule has 0 saturated carbocycles. The molecule has 0 amide bonds. The molecular weight excluding hydrogens is 254 g/mol. The standard InChI is InChI=1S/C15H21N3O2/c1-4-16-9-5-6-14-17-18-15(20-14)12-10-11(2)7-8-13(12)19-3/h7-8,10,16H,4-6,9H2,1-3H3. The highest BCUT2D eigenvalue weighted by atomic mass is 16.5. The molecule has 1 heterocycles. The number of rotatable bonds is 7. The highest BCUT2D eigenvalue weighted by Gasteiger charge is 2.13. The van der Waals surface area contributed by atoms with Gasteiger partial charge in [0.1, 0.15) is 5.75 Å². The summed E-state index contributed by atoms with van der Waals surface area (Å²) in [6, 6.07) is 5.91. The van der Waals surface area contributed by atoms with E-state index in [0.717, 1.165) is 42.8 Å². The first-order chi connectivity index (χ1) is 9.74. The van der Waals surface area contributed by atoms with Crippen molar-refractivity contribution < 1.29 is 9.15 Å². The van der Waals surface area contributed by atoms with E-state index in [2.05, 4.69) is 22.4 Å². The van der Waals surface area contributed by atoms with Gasteiger partial charge in [-0.25, -0.2) is 0 Å². The topological polar surface area (TPSA) is 60.2 Å². The van der Waals surface area contributed by atoms with Crippen LogP contribution in [-0.4, -0.2) is 30.4 Å². The quantitative estimate of drug-likeness (QED) is 0.787. The first-order valence-electron chi connectivity index (χ1n) is 6.92. The Hall–Kier alpha value is -1.88. The molecule has 20 heavy (non-hydrogen) atoms. The number of methoxy groups -OCH3 is 1. The summed E-state index contributed by atoms with van der Waals surface area (Å²) in [6.45, 7) is 6.06. The molecule has 0 aliphatic carbocycles. The van der Waals surface area contributed by atoms with E-state index in [1.54, 1.807) is 7.11 Å². The third kappa shape index (κ3) is 3.57. The molecule has 0 aliphatic rings. The molecule has 108 valence electrons. The summed E-state index contributed by atoms with van der Waals surface area (Å²) in [5.74, 6) is 1.93. The Morgan fingerprint density at radius 3 is 2.90 bits per heavy atom. The zero-order valence-electron chi connectivity index (χ0n) is 12.3.